The number of nitrogen functional groups attached to an aromatic ring is 1. The van der Waals surface area contributed by atoms with Crippen molar-refractivity contribution >= 4 is 11.6 Å². The maximum atomic E-state index is 12.2. The van der Waals surface area contributed by atoms with E-state index < -0.39 is 6.10 Å². The lowest BCUT2D eigenvalue weighted by Crippen LogP contribution is -2.30. The number of ether oxygens (including phenoxy) is 1. The lowest BCUT2D eigenvalue weighted by atomic mass is 10.1. The molecule has 1 aromatic rings. The Morgan fingerprint density at radius 2 is 2.22 bits per heavy atom. The minimum Gasteiger partial charge on any atom is -0.497 e. The van der Waals surface area contributed by atoms with Gasteiger partial charge in [-0.1, -0.05) is 0 Å². The fourth-order valence-corrected chi connectivity index (χ4v) is 1.54. The molecule has 0 aromatic heterocycles. The highest BCUT2D eigenvalue weighted by Crippen LogP contribution is 2.20. The molecule has 18 heavy (non-hydrogen) atoms. The van der Waals surface area contributed by atoms with Crippen molar-refractivity contribution in [2.45, 2.75) is 19.4 Å². The monoisotopic (exact) mass is 252 g/mol. The first kappa shape index (κ1) is 14.3. The predicted molar refractivity (Wildman–Crippen MR) is 70.7 cm³/mol. The number of hydrogen-bond acceptors (Lipinski definition) is 4. The van der Waals surface area contributed by atoms with Gasteiger partial charge in [-0.3, -0.25) is 4.79 Å². The first-order valence-corrected chi connectivity index (χ1v) is 5.82. The second kappa shape index (κ2) is 6.26. The largest absolute Gasteiger partial charge is 0.497 e. The molecule has 0 bridgehead atoms. The van der Waals surface area contributed by atoms with Crippen LogP contribution in [0.4, 0.5) is 5.69 Å². The van der Waals surface area contributed by atoms with Crippen molar-refractivity contribution < 1.29 is 14.6 Å². The third-order valence-electron chi connectivity index (χ3n) is 2.72. The number of aliphatic hydroxyl groups excluding tert-OH is 1. The Bertz CT molecular complexity index is 419. The zero-order valence-corrected chi connectivity index (χ0v) is 11.0. The summed E-state index contributed by atoms with van der Waals surface area (Å²) in [5.41, 5.74) is 6.63. The Morgan fingerprint density at radius 1 is 1.56 bits per heavy atom. The molecule has 0 spiro atoms. The number of carbonyl (C=O) groups is 1. The number of aliphatic hydroxyl groups is 1. The number of methoxy groups -OCH3 is 1. The van der Waals surface area contributed by atoms with Crippen molar-refractivity contribution in [3.63, 3.8) is 0 Å². The van der Waals surface area contributed by atoms with Crippen LogP contribution in [-0.2, 0) is 0 Å². The molecule has 0 aliphatic rings. The summed E-state index contributed by atoms with van der Waals surface area (Å²) >= 11 is 0. The molecule has 1 aromatic carbocycles. The highest BCUT2D eigenvalue weighted by Gasteiger charge is 2.15. The summed E-state index contributed by atoms with van der Waals surface area (Å²) in [5.74, 6) is 0.420. The number of nitrogens with two attached hydrogens (primary N) is 1. The topological polar surface area (TPSA) is 75.8 Å². The summed E-state index contributed by atoms with van der Waals surface area (Å²) in [6.45, 7) is 2.17. The summed E-state index contributed by atoms with van der Waals surface area (Å²) < 4.78 is 5.07. The highest BCUT2D eigenvalue weighted by atomic mass is 16.5. The minimum absolute atomic E-state index is 0.174. The van der Waals surface area contributed by atoms with Gasteiger partial charge in [0.25, 0.3) is 5.91 Å². The number of anilines is 1. The van der Waals surface area contributed by atoms with E-state index in [4.69, 9.17) is 10.5 Å². The van der Waals surface area contributed by atoms with E-state index in [0.717, 1.165) is 0 Å². The first-order valence-electron chi connectivity index (χ1n) is 5.82. The summed E-state index contributed by atoms with van der Waals surface area (Å²) in [6, 6.07) is 4.98. The summed E-state index contributed by atoms with van der Waals surface area (Å²) in [7, 11) is 3.22. The number of carbonyl (C=O) groups excluding carboxylic acids is 1. The molecule has 1 atom stereocenters. The second-order valence-electron chi connectivity index (χ2n) is 4.32. The first-order chi connectivity index (χ1) is 8.45. The Hall–Kier alpha value is -1.75. The van der Waals surface area contributed by atoms with E-state index in [0.29, 0.717) is 30.0 Å². The molecule has 0 saturated heterocycles. The molecule has 1 unspecified atom stereocenters. The Labute approximate surface area is 107 Å². The standard InChI is InChI=1S/C13H20N2O3/c1-9(16)6-7-15(2)13(17)11-8-10(18-3)4-5-12(11)14/h4-5,8-9,16H,6-7,14H2,1-3H3. The van der Waals surface area contributed by atoms with Crippen LogP contribution in [0, 0.1) is 0 Å². The van der Waals surface area contributed by atoms with Crippen LogP contribution >= 0.6 is 0 Å². The van der Waals surface area contributed by atoms with Crippen LogP contribution in [0.2, 0.25) is 0 Å². The van der Waals surface area contributed by atoms with Crippen LogP contribution in [0.5, 0.6) is 5.75 Å². The zero-order valence-electron chi connectivity index (χ0n) is 11.0. The van der Waals surface area contributed by atoms with Crippen LogP contribution in [0.15, 0.2) is 18.2 Å². The maximum Gasteiger partial charge on any atom is 0.255 e. The molecule has 1 rings (SSSR count). The van der Waals surface area contributed by atoms with Gasteiger partial charge < -0.3 is 20.5 Å². The van der Waals surface area contributed by atoms with Gasteiger partial charge in [0.1, 0.15) is 5.75 Å². The van der Waals surface area contributed by atoms with E-state index in [9.17, 15) is 9.90 Å². The predicted octanol–water partition coefficient (Wildman–Crippen LogP) is 1.12. The lowest BCUT2D eigenvalue weighted by molar-refractivity contribution is 0.0769. The van der Waals surface area contributed by atoms with Gasteiger partial charge >= 0.3 is 0 Å². The summed E-state index contributed by atoms with van der Waals surface area (Å²) in [6.07, 6.45) is 0.106. The molecule has 0 aliphatic carbocycles. The van der Waals surface area contributed by atoms with Gasteiger partial charge in [0, 0.05) is 19.3 Å². The van der Waals surface area contributed by atoms with Crippen LogP contribution in [0.25, 0.3) is 0 Å². The number of hydrogen-bond donors (Lipinski definition) is 2. The molecule has 1 amide bonds. The SMILES string of the molecule is COc1ccc(N)c(C(=O)N(C)CCC(C)O)c1. The summed E-state index contributed by atoms with van der Waals surface area (Å²) in [4.78, 5) is 13.7. The molecule has 5 heteroatoms. The van der Waals surface area contributed by atoms with E-state index in [1.807, 2.05) is 0 Å². The number of benzene rings is 1. The van der Waals surface area contributed by atoms with Gasteiger partial charge in [0.05, 0.1) is 18.8 Å². The molecular weight excluding hydrogens is 232 g/mol. The number of rotatable bonds is 5. The lowest BCUT2D eigenvalue weighted by Gasteiger charge is -2.19. The quantitative estimate of drug-likeness (QED) is 0.770. The van der Waals surface area contributed by atoms with E-state index in [2.05, 4.69) is 0 Å². The highest BCUT2D eigenvalue weighted by molar-refractivity contribution is 5.99. The molecule has 0 heterocycles. The Balaban J connectivity index is 2.82. The van der Waals surface area contributed by atoms with E-state index >= 15 is 0 Å². The Kier molecular flexibility index (Phi) is 4.97. The number of amides is 1. The molecule has 3 N–H and O–H groups in total. The fraction of sp³-hybridized carbons (Fsp3) is 0.462. The maximum absolute atomic E-state index is 12.2. The van der Waals surface area contributed by atoms with Crippen LogP contribution in [0.3, 0.4) is 0 Å². The normalized spacial score (nSPS) is 12.0. The third-order valence-corrected chi connectivity index (χ3v) is 2.72. The molecular formula is C13H20N2O3. The Morgan fingerprint density at radius 3 is 2.78 bits per heavy atom. The van der Waals surface area contributed by atoms with Crippen LogP contribution in [0.1, 0.15) is 23.7 Å². The molecule has 0 saturated carbocycles. The van der Waals surface area contributed by atoms with Crippen molar-refractivity contribution in [1.82, 2.24) is 4.90 Å². The van der Waals surface area contributed by atoms with Crippen molar-refractivity contribution in [1.29, 1.82) is 0 Å². The van der Waals surface area contributed by atoms with Crippen molar-refractivity contribution in [2.75, 3.05) is 26.4 Å². The third kappa shape index (κ3) is 3.63. The van der Waals surface area contributed by atoms with Gasteiger partial charge in [0.2, 0.25) is 0 Å². The molecule has 5 nitrogen and oxygen atoms in total. The van der Waals surface area contributed by atoms with Gasteiger partial charge in [-0.15, -0.1) is 0 Å². The molecule has 0 aliphatic heterocycles. The van der Waals surface area contributed by atoms with E-state index in [1.54, 1.807) is 32.2 Å². The van der Waals surface area contributed by atoms with Crippen molar-refractivity contribution in [3.05, 3.63) is 23.8 Å². The van der Waals surface area contributed by atoms with E-state index in [-0.39, 0.29) is 5.91 Å². The molecule has 100 valence electrons. The molecule has 0 radical (unpaired) electrons. The van der Waals surface area contributed by atoms with Gasteiger partial charge in [-0.05, 0) is 31.5 Å². The van der Waals surface area contributed by atoms with Crippen molar-refractivity contribution in [3.8, 4) is 5.75 Å². The van der Waals surface area contributed by atoms with Crippen molar-refractivity contribution in [2.24, 2.45) is 0 Å². The average molecular weight is 252 g/mol. The molecule has 0 fully saturated rings. The fourth-order valence-electron chi connectivity index (χ4n) is 1.54. The second-order valence-corrected chi connectivity index (χ2v) is 4.32. The number of nitrogens with zero attached hydrogens (tertiary/aromatic N) is 1. The van der Waals surface area contributed by atoms with Crippen LogP contribution < -0.4 is 10.5 Å². The van der Waals surface area contributed by atoms with Gasteiger partial charge in [0.15, 0.2) is 0 Å². The minimum atomic E-state index is -0.428. The van der Waals surface area contributed by atoms with E-state index in [1.165, 1.54) is 12.0 Å². The van der Waals surface area contributed by atoms with Crippen LogP contribution in [-0.4, -0.2) is 42.7 Å². The van der Waals surface area contributed by atoms with Gasteiger partial charge in [-0.25, -0.2) is 0 Å². The average Bonchev–Trinajstić information content (AvgIpc) is 2.35. The van der Waals surface area contributed by atoms with Gasteiger partial charge in [-0.2, -0.15) is 0 Å². The summed E-state index contributed by atoms with van der Waals surface area (Å²) in [5, 5.41) is 9.21. The zero-order chi connectivity index (χ0) is 13.7. The smallest absolute Gasteiger partial charge is 0.255 e.